The maximum absolute atomic E-state index is 2.33. The largest absolute Gasteiger partial charge is 0.0651 e. The normalized spacial score (nSPS) is 10.8. The van der Waals surface area contributed by atoms with E-state index in [0.717, 1.165) is 0 Å². The van der Waals surface area contributed by atoms with E-state index >= 15 is 0 Å². The summed E-state index contributed by atoms with van der Waals surface area (Å²) in [5.74, 6) is 0.648. The van der Waals surface area contributed by atoms with E-state index in [2.05, 4.69) is 45.9 Å². The highest BCUT2D eigenvalue weighted by atomic mass is 14.1. The van der Waals surface area contributed by atoms with Gasteiger partial charge in [-0.25, -0.2) is 0 Å². The van der Waals surface area contributed by atoms with E-state index in [9.17, 15) is 0 Å². The third-order valence-electron chi connectivity index (χ3n) is 2.55. The van der Waals surface area contributed by atoms with Gasteiger partial charge < -0.3 is 0 Å². The van der Waals surface area contributed by atoms with Crippen molar-refractivity contribution in [3.63, 3.8) is 0 Å². The SMILES string of the molecule is CCCc1ccc(C(C)C)cc1C. The van der Waals surface area contributed by atoms with Crippen LogP contribution in [-0.2, 0) is 6.42 Å². The summed E-state index contributed by atoms with van der Waals surface area (Å²) in [5, 5.41) is 0. The molecule has 0 atom stereocenters. The fourth-order valence-corrected chi connectivity index (χ4v) is 1.63. The summed E-state index contributed by atoms with van der Waals surface area (Å²) < 4.78 is 0. The topological polar surface area (TPSA) is 0 Å². The predicted molar refractivity (Wildman–Crippen MR) is 59.3 cm³/mol. The highest BCUT2D eigenvalue weighted by molar-refractivity contribution is 5.32. The second-order valence-electron chi connectivity index (χ2n) is 4.09. The molecule has 0 radical (unpaired) electrons. The zero-order chi connectivity index (χ0) is 9.84. The summed E-state index contributed by atoms with van der Waals surface area (Å²) in [4.78, 5) is 0. The lowest BCUT2D eigenvalue weighted by molar-refractivity contribution is 0.856. The molecule has 1 aromatic rings. The van der Waals surface area contributed by atoms with E-state index in [1.54, 1.807) is 0 Å². The highest BCUT2D eigenvalue weighted by Gasteiger charge is 2.01. The zero-order valence-corrected chi connectivity index (χ0v) is 9.22. The highest BCUT2D eigenvalue weighted by Crippen LogP contribution is 2.19. The quantitative estimate of drug-likeness (QED) is 0.651. The lowest BCUT2D eigenvalue weighted by atomic mass is 9.96. The molecule has 0 bridgehead atoms. The van der Waals surface area contributed by atoms with Crippen LogP contribution in [0.5, 0.6) is 0 Å². The molecular formula is C13H20. The van der Waals surface area contributed by atoms with Crippen molar-refractivity contribution in [1.82, 2.24) is 0 Å². The molecule has 0 heterocycles. The molecule has 0 amide bonds. The van der Waals surface area contributed by atoms with Crippen molar-refractivity contribution in [2.24, 2.45) is 0 Å². The first-order valence-electron chi connectivity index (χ1n) is 5.24. The van der Waals surface area contributed by atoms with Crippen LogP contribution >= 0.6 is 0 Å². The van der Waals surface area contributed by atoms with Crippen molar-refractivity contribution in [2.75, 3.05) is 0 Å². The minimum absolute atomic E-state index is 0.648. The van der Waals surface area contributed by atoms with Crippen molar-refractivity contribution < 1.29 is 0 Å². The van der Waals surface area contributed by atoms with Gasteiger partial charge >= 0.3 is 0 Å². The van der Waals surface area contributed by atoms with Crippen LogP contribution in [0.3, 0.4) is 0 Å². The molecule has 0 fully saturated rings. The molecule has 13 heavy (non-hydrogen) atoms. The van der Waals surface area contributed by atoms with Crippen LogP contribution in [-0.4, -0.2) is 0 Å². The molecule has 0 nitrogen and oxygen atoms in total. The van der Waals surface area contributed by atoms with Crippen LogP contribution in [0.4, 0.5) is 0 Å². The molecule has 0 aromatic heterocycles. The molecule has 0 heteroatoms. The van der Waals surface area contributed by atoms with Crippen molar-refractivity contribution >= 4 is 0 Å². The Morgan fingerprint density at radius 2 is 1.92 bits per heavy atom. The van der Waals surface area contributed by atoms with Gasteiger partial charge in [-0.1, -0.05) is 45.4 Å². The van der Waals surface area contributed by atoms with Crippen LogP contribution in [0.15, 0.2) is 18.2 Å². The van der Waals surface area contributed by atoms with Gasteiger partial charge in [-0.15, -0.1) is 0 Å². The smallest absolute Gasteiger partial charge is 0.0219 e. The molecule has 0 saturated carbocycles. The van der Waals surface area contributed by atoms with Gasteiger partial charge in [-0.3, -0.25) is 0 Å². The molecule has 1 aromatic carbocycles. The fraction of sp³-hybridized carbons (Fsp3) is 0.538. The average molecular weight is 176 g/mol. The second kappa shape index (κ2) is 4.45. The Morgan fingerprint density at radius 1 is 1.23 bits per heavy atom. The molecule has 0 aliphatic heterocycles. The Hall–Kier alpha value is -0.780. The van der Waals surface area contributed by atoms with Gasteiger partial charge in [0.15, 0.2) is 0 Å². The Labute approximate surface area is 82.0 Å². The lowest BCUT2D eigenvalue weighted by Gasteiger charge is -2.09. The van der Waals surface area contributed by atoms with Gasteiger partial charge in [0.25, 0.3) is 0 Å². The number of hydrogen-bond donors (Lipinski definition) is 0. The minimum Gasteiger partial charge on any atom is -0.0651 e. The van der Waals surface area contributed by atoms with Crippen LogP contribution in [0.2, 0.25) is 0 Å². The third-order valence-corrected chi connectivity index (χ3v) is 2.55. The van der Waals surface area contributed by atoms with Gasteiger partial charge in [0.2, 0.25) is 0 Å². The van der Waals surface area contributed by atoms with Crippen molar-refractivity contribution in [3.05, 3.63) is 34.9 Å². The number of aryl methyl sites for hydroxylation is 2. The van der Waals surface area contributed by atoms with Gasteiger partial charge in [0.05, 0.1) is 0 Å². The molecule has 72 valence electrons. The van der Waals surface area contributed by atoms with E-state index in [1.807, 2.05) is 0 Å². The van der Waals surface area contributed by atoms with Crippen molar-refractivity contribution in [3.8, 4) is 0 Å². The van der Waals surface area contributed by atoms with E-state index in [1.165, 1.54) is 29.5 Å². The van der Waals surface area contributed by atoms with Crippen molar-refractivity contribution in [1.29, 1.82) is 0 Å². The summed E-state index contributed by atoms with van der Waals surface area (Å²) in [6.45, 7) is 8.94. The number of benzene rings is 1. The van der Waals surface area contributed by atoms with E-state index < -0.39 is 0 Å². The van der Waals surface area contributed by atoms with Gasteiger partial charge in [0, 0.05) is 0 Å². The predicted octanol–water partition coefficient (Wildman–Crippen LogP) is 4.07. The maximum atomic E-state index is 2.33. The summed E-state index contributed by atoms with van der Waals surface area (Å²) >= 11 is 0. The van der Waals surface area contributed by atoms with Crippen molar-refractivity contribution in [2.45, 2.75) is 46.5 Å². The molecule has 0 unspecified atom stereocenters. The van der Waals surface area contributed by atoms with E-state index in [4.69, 9.17) is 0 Å². The summed E-state index contributed by atoms with van der Waals surface area (Å²) in [6.07, 6.45) is 2.45. The maximum Gasteiger partial charge on any atom is -0.0219 e. The minimum atomic E-state index is 0.648. The Bertz CT molecular complexity index is 271. The van der Waals surface area contributed by atoms with Gasteiger partial charge in [-0.05, 0) is 36.0 Å². The summed E-state index contributed by atoms with van der Waals surface area (Å²) in [6, 6.07) is 6.88. The molecule has 1 rings (SSSR count). The molecule has 0 aliphatic rings. The molecular weight excluding hydrogens is 156 g/mol. The number of hydrogen-bond acceptors (Lipinski definition) is 0. The Morgan fingerprint density at radius 3 is 2.38 bits per heavy atom. The lowest BCUT2D eigenvalue weighted by Crippen LogP contribution is -1.93. The first-order chi connectivity index (χ1) is 6.15. The van der Waals surface area contributed by atoms with Crippen LogP contribution < -0.4 is 0 Å². The molecule has 0 N–H and O–H groups in total. The Balaban J connectivity index is 2.92. The standard InChI is InChI=1S/C13H20/c1-5-6-12-7-8-13(10(2)3)9-11(12)4/h7-10H,5-6H2,1-4H3. The Kier molecular flexibility index (Phi) is 3.53. The first kappa shape index (κ1) is 10.3. The van der Waals surface area contributed by atoms with E-state index in [0.29, 0.717) is 5.92 Å². The molecule has 0 saturated heterocycles. The number of rotatable bonds is 3. The summed E-state index contributed by atoms with van der Waals surface area (Å²) in [5.41, 5.74) is 4.41. The molecule has 0 aliphatic carbocycles. The zero-order valence-electron chi connectivity index (χ0n) is 9.22. The summed E-state index contributed by atoms with van der Waals surface area (Å²) in [7, 11) is 0. The fourth-order valence-electron chi connectivity index (χ4n) is 1.63. The monoisotopic (exact) mass is 176 g/mol. The van der Waals surface area contributed by atoms with Crippen LogP contribution in [0, 0.1) is 6.92 Å². The molecule has 0 spiro atoms. The van der Waals surface area contributed by atoms with Gasteiger partial charge in [0.1, 0.15) is 0 Å². The first-order valence-corrected chi connectivity index (χ1v) is 5.24. The van der Waals surface area contributed by atoms with Crippen LogP contribution in [0.25, 0.3) is 0 Å². The van der Waals surface area contributed by atoms with Crippen LogP contribution in [0.1, 0.15) is 49.8 Å². The average Bonchev–Trinajstić information content (AvgIpc) is 2.08. The van der Waals surface area contributed by atoms with Gasteiger partial charge in [-0.2, -0.15) is 0 Å². The third kappa shape index (κ3) is 2.58. The second-order valence-corrected chi connectivity index (χ2v) is 4.09. The van der Waals surface area contributed by atoms with E-state index in [-0.39, 0.29) is 0 Å².